The Labute approximate surface area is 111 Å². The molecule has 1 aromatic heterocycles. The highest BCUT2D eigenvalue weighted by Crippen LogP contribution is 2.26. The molecule has 0 spiro atoms. The molecule has 5 heteroatoms. The van der Waals surface area contributed by atoms with Crippen molar-refractivity contribution >= 4 is 17.5 Å². The van der Waals surface area contributed by atoms with E-state index in [9.17, 15) is 9.90 Å². The first-order valence-electron chi connectivity index (χ1n) is 6.22. The van der Waals surface area contributed by atoms with Gasteiger partial charge in [-0.25, -0.2) is 0 Å². The van der Waals surface area contributed by atoms with Crippen molar-refractivity contribution < 1.29 is 9.90 Å². The van der Waals surface area contributed by atoms with Gasteiger partial charge in [0.05, 0.1) is 11.8 Å². The minimum atomic E-state index is -0.253. The van der Waals surface area contributed by atoms with Gasteiger partial charge in [-0.05, 0) is 24.8 Å². The molecule has 4 nitrogen and oxygen atoms in total. The minimum Gasteiger partial charge on any atom is -0.505 e. The van der Waals surface area contributed by atoms with Crippen LogP contribution in [0.4, 0.5) is 0 Å². The standard InChI is InChI=1S/C13H17ClN2O2/c14-7-9-3-1-2-4-11(9)16-13(18)10-5-6-15-8-12(10)17/h5-6,8-9,11,17H,1-4,7H2,(H,16,18). The number of nitrogens with one attached hydrogen (secondary N) is 1. The molecular formula is C13H17ClN2O2. The van der Waals surface area contributed by atoms with Gasteiger partial charge in [0.15, 0.2) is 0 Å². The van der Waals surface area contributed by atoms with Crippen LogP contribution in [0.15, 0.2) is 18.5 Å². The summed E-state index contributed by atoms with van der Waals surface area (Å²) in [5.74, 6) is 0.547. The molecule has 0 radical (unpaired) electrons. The molecule has 1 saturated carbocycles. The molecule has 18 heavy (non-hydrogen) atoms. The second-order valence-electron chi connectivity index (χ2n) is 4.67. The van der Waals surface area contributed by atoms with Gasteiger partial charge in [0.2, 0.25) is 0 Å². The van der Waals surface area contributed by atoms with Crippen LogP contribution >= 0.6 is 11.6 Å². The van der Waals surface area contributed by atoms with Crippen molar-refractivity contribution in [2.24, 2.45) is 5.92 Å². The normalized spacial score (nSPS) is 23.6. The lowest BCUT2D eigenvalue weighted by molar-refractivity contribution is 0.0908. The zero-order valence-corrected chi connectivity index (χ0v) is 10.9. The van der Waals surface area contributed by atoms with Crippen LogP contribution in [0.1, 0.15) is 36.0 Å². The van der Waals surface area contributed by atoms with Crippen LogP contribution in [0.5, 0.6) is 5.75 Å². The minimum absolute atomic E-state index is 0.0896. The number of hydrogen-bond acceptors (Lipinski definition) is 3. The summed E-state index contributed by atoms with van der Waals surface area (Å²) in [5.41, 5.74) is 0.267. The smallest absolute Gasteiger partial charge is 0.255 e. The molecule has 1 amide bonds. The van der Waals surface area contributed by atoms with Gasteiger partial charge in [-0.2, -0.15) is 0 Å². The van der Waals surface area contributed by atoms with E-state index in [0.29, 0.717) is 11.8 Å². The Morgan fingerprint density at radius 1 is 1.50 bits per heavy atom. The average Bonchev–Trinajstić information content (AvgIpc) is 2.39. The molecule has 2 atom stereocenters. The number of alkyl halides is 1. The number of carbonyl (C=O) groups excluding carboxylic acids is 1. The van der Waals surface area contributed by atoms with Gasteiger partial charge < -0.3 is 10.4 Å². The number of carbonyl (C=O) groups is 1. The van der Waals surface area contributed by atoms with E-state index in [1.807, 2.05) is 0 Å². The van der Waals surface area contributed by atoms with Crippen molar-refractivity contribution in [1.29, 1.82) is 0 Å². The van der Waals surface area contributed by atoms with Crippen LogP contribution in [0.2, 0.25) is 0 Å². The van der Waals surface area contributed by atoms with E-state index in [0.717, 1.165) is 19.3 Å². The topological polar surface area (TPSA) is 62.2 Å². The average molecular weight is 269 g/mol. The molecule has 98 valence electrons. The Hall–Kier alpha value is -1.29. The highest BCUT2D eigenvalue weighted by atomic mass is 35.5. The maximum Gasteiger partial charge on any atom is 0.255 e. The Balaban J connectivity index is 2.04. The van der Waals surface area contributed by atoms with Gasteiger partial charge in [-0.3, -0.25) is 9.78 Å². The maximum atomic E-state index is 12.1. The molecule has 0 aliphatic heterocycles. The van der Waals surface area contributed by atoms with Crippen molar-refractivity contribution in [3.05, 3.63) is 24.0 Å². The monoisotopic (exact) mass is 268 g/mol. The van der Waals surface area contributed by atoms with E-state index >= 15 is 0 Å². The van der Waals surface area contributed by atoms with Gasteiger partial charge in [-0.15, -0.1) is 11.6 Å². The van der Waals surface area contributed by atoms with Crippen molar-refractivity contribution in [3.8, 4) is 5.75 Å². The highest BCUT2D eigenvalue weighted by molar-refractivity contribution is 6.18. The second-order valence-corrected chi connectivity index (χ2v) is 4.98. The summed E-state index contributed by atoms with van der Waals surface area (Å²) in [6.07, 6.45) is 7.06. The molecular weight excluding hydrogens is 252 g/mol. The Bertz CT molecular complexity index is 425. The summed E-state index contributed by atoms with van der Waals surface area (Å²) >= 11 is 5.93. The lowest BCUT2D eigenvalue weighted by atomic mass is 9.85. The Kier molecular flexibility index (Phi) is 4.42. The van der Waals surface area contributed by atoms with Crippen LogP contribution < -0.4 is 5.32 Å². The maximum absolute atomic E-state index is 12.1. The summed E-state index contributed by atoms with van der Waals surface area (Å²) in [7, 11) is 0. The first kappa shape index (κ1) is 13.1. The number of halogens is 1. The Morgan fingerprint density at radius 2 is 2.28 bits per heavy atom. The van der Waals surface area contributed by atoms with Crippen molar-refractivity contribution in [3.63, 3.8) is 0 Å². The lowest BCUT2D eigenvalue weighted by Gasteiger charge is -2.30. The third-order valence-corrected chi connectivity index (χ3v) is 3.86. The van der Waals surface area contributed by atoms with Crippen LogP contribution in [-0.4, -0.2) is 27.9 Å². The Morgan fingerprint density at radius 3 is 3.00 bits per heavy atom. The van der Waals surface area contributed by atoms with E-state index in [4.69, 9.17) is 11.6 Å². The molecule has 1 aromatic rings. The van der Waals surface area contributed by atoms with Crippen LogP contribution in [0.25, 0.3) is 0 Å². The largest absolute Gasteiger partial charge is 0.505 e. The fraction of sp³-hybridized carbons (Fsp3) is 0.538. The quantitative estimate of drug-likeness (QED) is 0.827. The van der Waals surface area contributed by atoms with Gasteiger partial charge in [-0.1, -0.05) is 12.8 Å². The molecule has 2 N–H and O–H groups in total. The SMILES string of the molecule is O=C(NC1CCCCC1CCl)c1ccncc1O. The molecule has 0 aromatic carbocycles. The predicted molar refractivity (Wildman–Crippen MR) is 69.8 cm³/mol. The number of nitrogens with zero attached hydrogens (tertiary/aromatic N) is 1. The van der Waals surface area contributed by atoms with Gasteiger partial charge in [0.25, 0.3) is 5.91 Å². The number of pyridine rings is 1. The summed E-state index contributed by atoms with van der Waals surface area (Å²) in [6, 6.07) is 1.62. The van der Waals surface area contributed by atoms with Gasteiger partial charge in [0.1, 0.15) is 5.75 Å². The first-order chi connectivity index (χ1) is 8.72. The van der Waals surface area contributed by atoms with Crippen LogP contribution in [0, 0.1) is 5.92 Å². The molecule has 0 bridgehead atoms. The van der Waals surface area contributed by atoms with Crippen molar-refractivity contribution in [2.75, 3.05) is 5.88 Å². The van der Waals surface area contributed by atoms with Crippen LogP contribution in [0.3, 0.4) is 0 Å². The molecule has 0 saturated heterocycles. The van der Waals surface area contributed by atoms with E-state index in [1.165, 1.54) is 24.9 Å². The summed E-state index contributed by atoms with van der Waals surface area (Å²) in [6.45, 7) is 0. The summed E-state index contributed by atoms with van der Waals surface area (Å²) < 4.78 is 0. The van der Waals surface area contributed by atoms with E-state index in [2.05, 4.69) is 10.3 Å². The zero-order valence-electron chi connectivity index (χ0n) is 10.1. The second kappa shape index (κ2) is 6.05. The fourth-order valence-corrected chi connectivity index (χ4v) is 2.78. The third-order valence-electron chi connectivity index (χ3n) is 3.47. The van der Waals surface area contributed by atoms with Crippen LogP contribution in [-0.2, 0) is 0 Å². The van der Waals surface area contributed by atoms with Gasteiger partial charge in [0, 0.05) is 18.1 Å². The number of rotatable bonds is 3. The highest BCUT2D eigenvalue weighted by Gasteiger charge is 2.26. The summed E-state index contributed by atoms with van der Waals surface area (Å²) in [5, 5.41) is 12.5. The van der Waals surface area contributed by atoms with Crippen molar-refractivity contribution in [2.45, 2.75) is 31.7 Å². The molecule has 1 fully saturated rings. The van der Waals surface area contributed by atoms with E-state index in [1.54, 1.807) is 0 Å². The molecule has 1 aliphatic carbocycles. The zero-order chi connectivity index (χ0) is 13.0. The third kappa shape index (κ3) is 2.93. The predicted octanol–water partition coefficient (Wildman–Crippen LogP) is 2.31. The van der Waals surface area contributed by atoms with Gasteiger partial charge >= 0.3 is 0 Å². The summed E-state index contributed by atoms with van der Waals surface area (Å²) in [4.78, 5) is 15.8. The molecule has 2 unspecified atom stereocenters. The fourth-order valence-electron chi connectivity index (χ4n) is 2.41. The lowest BCUT2D eigenvalue weighted by Crippen LogP contribution is -2.42. The molecule has 2 rings (SSSR count). The van der Waals surface area contributed by atoms with E-state index < -0.39 is 0 Å². The molecule has 1 heterocycles. The number of amides is 1. The number of hydrogen-bond donors (Lipinski definition) is 2. The first-order valence-corrected chi connectivity index (χ1v) is 6.75. The molecule has 1 aliphatic rings. The number of aromatic nitrogens is 1. The van der Waals surface area contributed by atoms with Crippen molar-refractivity contribution in [1.82, 2.24) is 10.3 Å². The number of aromatic hydroxyl groups is 1. The van der Waals surface area contributed by atoms with E-state index in [-0.39, 0.29) is 23.3 Å².